The SMILES string of the molecule is Clc1cccc(Cn2cc(-c3ccc(I)cc3)cn2)c1. The first kappa shape index (κ1) is 13.6. The van der Waals surface area contributed by atoms with E-state index in [1.807, 2.05) is 29.1 Å². The van der Waals surface area contributed by atoms with E-state index in [1.54, 1.807) is 0 Å². The molecule has 2 aromatic carbocycles. The summed E-state index contributed by atoms with van der Waals surface area (Å²) in [7, 11) is 0. The van der Waals surface area contributed by atoms with E-state index in [9.17, 15) is 0 Å². The van der Waals surface area contributed by atoms with Gasteiger partial charge in [-0.15, -0.1) is 0 Å². The number of hydrogen-bond acceptors (Lipinski definition) is 1. The van der Waals surface area contributed by atoms with Crippen LogP contribution < -0.4 is 0 Å². The summed E-state index contributed by atoms with van der Waals surface area (Å²) in [6.45, 7) is 0.727. The third-order valence-corrected chi connectivity index (χ3v) is 4.00. The van der Waals surface area contributed by atoms with Crippen LogP contribution in [0.15, 0.2) is 60.9 Å². The fourth-order valence-corrected chi connectivity index (χ4v) is 2.64. The third-order valence-electron chi connectivity index (χ3n) is 3.04. The van der Waals surface area contributed by atoms with E-state index in [1.165, 1.54) is 9.13 Å². The summed E-state index contributed by atoms with van der Waals surface area (Å²) in [5.74, 6) is 0. The monoisotopic (exact) mass is 394 g/mol. The summed E-state index contributed by atoms with van der Waals surface area (Å²) in [6, 6.07) is 16.3. The number of halogens is 2. The lowest BCUT2D eigenvalue weighted by atomic mass is 10.1. The Morgan fingerprint density at radius 1 is 1.05 bits per heavy atom. The van der Waals surface area contributed by atoms with Gasteiger partial charge < -0.3 is 0 Å². The molecule has 0 fully saturated rings. The van der Waals surface area contributed by atoms with Gasteiger partial charge in [0, 0.05) is 20.4 Å². The summed E-state index contributed by atoms with van der Waals surface area (Å²) in [5.41, 5.74) is 3.46. The van der Waals surface area contributed by atoms with Crippen LogP contribution in [0.25, 0.3) is 11.1 Å². The summed E-state index contributed by atoms with van der Waals surface area (Å²) < 4.78 is 3.16. The Labute approximate surface area is 136 Å². The lowest BCUT2D eigenvalue weighted by Crippen LogP contribution is -1.99. The second-order valence-electron chi connectivity index (χ2n) is 4.56. The molecule has 2 nitrogen and oxygen atoms in total. The van der Waals surface area contributed by atoms with Gasteiger partial charge in [0.1, 0.15) is 0 Å². The zero-order valence-corrected chi connectivity index (χ0v) is 13.5. The van der Waals surface area contributed by atoms with E-state index < -0.39 is 0 Å². The molecule has 4 heteroatoms. The smallest absolute Gasteiger partial charge is 0.0660 e. The first-order valence-electron chi connectivity index (χ1n) is 6.23. The molecule has 0 radical (unpaired) electrons. The third kappa shape index (κ3) is 3.22. The normalized spacial score (nSPS) is 10.7. The van der Waals surface area contributed by atoms with E-state index >= 15 is 0 Å². The zero-order chi connectivity index (χ0) is 13.9. The van der Waals surface area contributed by atoms with Crippen LogP contribution >= 0.6 is 34.2 Å². The molecule has 3 aromatic rings. The predicted molar refractivity (Wildman–Crippen MR) is 90.9 cm³/mol. The molecule has 0 aliphatic rings. The number of nitrogens with zero attached hydrogens (tertiary/aromatic N) is 2. The van der Waals surface area contributed by atoms with Gasteiger partial charge in [0.2, 0.25) is 0 Å². The van der Waals surface area contributed by atoms with Crippen molar-refractivity contribution in [2.45, 2.75) is 6.54 Å². The van der Waals surface area contributed by atoms with Gasteiger partial charge in [-0.3, -0.25) is 4.68 Å². The van der Waals surface area contributed by atoms with E-state index in [0.717, 1.165) is 22.7 Å². The van der Waals surface area contributed by atoms with Crippen molar-refractivity contribution in [3.05, 3.63) is 75.1 Å². The molecule has 3 rings (SSSR count). The Kier molecular flexibility index (Phi) is 4.08. The molecule has 1 heterocycles. The van der Waals surface area contributed by atoms with Crippen molar-refractivity contribution < 1.29 is 0 Å². The van der Waals surface area contributed by atoms with Crippen molar-refractivity contribution in [2.24, 2.45) is 0 Å². The summed E-state index contributed by atoms with van der Waals surface area (Å²) >= 11 is 8.30. The van der Waals surface area contributed by atoms with E-state index in [-0.39, 0.29) is 0 Å². The molecule has 0 N–H and O–H groups in total. The van der Waals surface area contributed by atoms with Crippen LogP contribution in [-0.4, -0.2) is 9.78 Å². The summed E-state index contributed by atoms with van der Waals surface area (Å²) in [5, 5.41) is 5.17. The maximum absolute atomic E-state index is 6.00. The van der Waals surface area contributed by atoms with Crippen LogP contribution in [0.4, 0.5) is 0 Å². The van der Waals surface area contributed by atoms with E-state index in [4.69, 9.17) is 11.6 Å². The fourth-order valence-electron chi connectivity index (χ4n) is 2.06. The molecule has 0 amide bonds. The number of hydrogen-bond donors (Lipinski definition) is 0. The zero-order valence-electron chi connectivity index (χ0n) is 10.6. The minimum atomic E-state index is 0.727. The van der Waals surface area contributed by atoms with Crippen molar-refractivity contribution in [2.75, 3.05) is 0 Å². The second-order valence-corrected chi connectivity index (χ2v) is 6.25. The Morgan fingerprint density at radius 2 is 1.85 bits per heavy atom. The van der Waals surface area contributed by atoms with Crippen molar-refractivity contribution in [1.29, 1.82) is 0 Å². The van der Waals surface area contributed by atoms with Crippen molar-refractivity contribution in [3.8, 4) is 11.1 Å². The van der Waals surface area contributed by atoms with Crippen LogP contribution in [0, 0.1) is 3.57 Å². The van der Waals surface area contributed by atoms with Crippen LogP contribution in [-0.2, 0) is 6.54 Å². The Morgan fingerprint density at radius 3 is 2.60 bits per heavy atom. The number of aromatic nitrogens is 2. The molecule has 0 saturated heterocycles. The summed E-state index contributed by atoms with van der Waals surface area (Å²) in [6.07, 6.45) is 3.95. The number of benzene rings is 2. The molecule has 0 bridgehead atoms. The van der Waals surface area contributed by atoms with Crippen molar-refractivity contribution >= 4 is 34.2 Å². The highest BCUT2D eigenvalue weighted by Gasteiger charge is 2.03. The van der Waals surface area contributed by atoms with Gasteiger partial charge in [-0.2, -0.15) is 5.10 Å². The number of rotatable bonds is 3. The average Bonchev–Trinajstić information content (AvgIpc) is 2.88. The first-order valence-corrected chi connectivity index (χ1v) is 7.69. The molecule has 100 valence electrons. The van der Waals surface area contributed by atoms with Gasteiger partial charge in [0.15, 0.2) is 0 Å². The van der Waals surface area contributed by atoms with Gasteiger partial charge >= 0.3 is 0 Å². The highest BCUT2D eigenvalue weighted by atomic mass is 127. The maximum atomic E-state index is 6.00. The quantitative estimate of drug-likeness (QED) is 0.580. The van der Waals surface area contributed by atoms with Crippen LogP contribution in [0.5, 0.6) is 0 Å². The largest absolute Gasteiger partial charge is 0.268 e. The van der Waals surface area contributed by atoms with E-state index in [2.05, 4.69) is 64.2 Å². The van der Waals surface area contributed by atoms with Gasteiger partial charge in [-0.25, -0.2) is 0 Å². The molecular formula is C16H12ClIN2. The van der Waals surface area contributed by atoms with Crippen LogP contribution in [0.3, 0.4) is 0 Å². The molecule has 0 atom stereocenters. The molecule has 0 unspecified atom stereocenters. The minimum absolute atomic E-state index is 0.727. The van der Waals surface area contributed by atoms with Gasteiger partial charge in [0.25, 0.3) is 0 Å². The predicted octanol–water partition coefficient (Wildman–Crippen LogP) is 4.86. The molecule has 1 aromatic heterocycles. The molecule has 0 saturated carbocycles. The Bertz CT molecular complexity index is 719. The molecule has 20 heavy (non-hydrogen) atoms. The van der Waals surface area contributed by atoms with Crippen LogP contribution in [0.1, 0.15) is 5.56 Å². The lowest BCUT2D eigenvalue weighted by molar-refractivity contribution is 0.687. The molecule has 0 aliphatic carbocycles. The maximum Gasteiger partial charge on any atom is 0.0660 e. The highest BCUT2D eigenvalue weighted by molar-refractivity contribution is 14.1. The Hall–Kier alpha value is -1.33. The van der Waals surface area contributed by atoms with E-state index in [0.29, 0.717) is 0 Å². The van der Waals surface area contributed by atoms with Crippen molar-refractivity contribution in [1.82, 2.24) is 9.78 Å². The van der Waals surface area contributed by atoms with Gasteiger partial charge in [0.05, 0.1) is 12.7 Å². The average molecular weight is 395 g/mol. The molecular weight excluding hydrogens is 383 g/mol. The Balaban J connectivity index is 1.82. The fraction of sp³-hybridized carbons (Fsp3) is 0.0625. The van der Waals surface area contributed by atoms with Crippen molar-refractivity contribution in [3.63, 3.8) is 0 Å². The standard InChI is InChI=1S/C16H12ClIN2/c17-15-3-1-2-12(8-15)10-20-11-14(9-19-20)13-4-6-16(18)7-5-13/h1-9,11H,10H2. The molecule has 0 spiro atoms. The second kappa shape index (κ2) is 5.97. The van der Waals surface area contributed by atoms with Gasteiger partial charge in [-0.05, 0) is 58.0 Å². The minimum Gasteiger partial charge on any atom is -0.268 e. The molecule has 0 aliphatic heterocycles. The first-order chi connectivity index (χ1) is 9.70. The van der Waals surface area contributed by atoms with Crippen LogP contribution in [0.2, 0.25) is 5.02 Å². The van der Waals surface area contributed by atoms with Gasteiger partial charge in [-0.1, -0.05) is 35.9 Å². The topological polar surface area (TPSA) is 17.8 Å². The summed E-state index contributed by atoms with van der Waals surface area (Å²) in [4.78, 5) is 0. The highest BCUT2D eigenvalue weighted by Crippen LogP contribution is 2.20. The lowest BCUT2D eigenvalue weighted by Gasteiger charge is -2.02.